The Labute approximate surface area is 116 Å². The van der Waals surface area contributed by atoms with Crippen molar-refractivity contribution in [3.63, 3.8) is 0 Å². The zero-order valence-electron chi connectivity index (χ0n) is 10.4. The molecule has 2 aliphatic heterocycles. The van der Waals surface area contributed by atoms with Crippen LogP contribution in [-0.4, -0.2) is 25.7 Å². The molecule has 3 heterocycles. The number of alkyl halides is 1. The maximum Gasteiger partial charge on any atom is 0.392 e. The molecule has 1 aromatic heterocycles. The van der Waals surface area contributed by atoms with Gasteiger partial charge in [-0.3, -0.25) is 4.94 Å². The number of hydrogen-bond donors (Lipinski definition) is 1. The van der Waals surface area contributed by atoms with Crippen LogP contribution in [0.4, 0.5) is 13.3 Å². The minimum absolute atomic E-state index is 0.171. The molecule has 0 aromatic carbocycles. The molecule has 1 atom stereocenters. The number of ether oxygens (including phenoxy) is 1. The largest absolute Gasteiger partial charge is 0.392 e. The van der Waals surface area contributed by atoms with Gasteiger partial charge in [0.1, 0.15) is 5.60 Å². The van der Waals surface area contributed by atoms with Crippen LogP contribution in [0.2, 0.25) is 0 Å². The zero-order valence-corrected chi connectivity index (χ0v) is 11.2. The predicted octanol–water partition coefficient (Wildman–Crippen LogP) is 2.09. The van der Waals surface area contributed by atoms with Gasteiger partial charge in [-0.2, -0.15) is 4.39 Å². The summed E-state index contributed by atoms with van der Waals surface area (Å²) in [6.07, 6.45) is 1.08. The van der Waals surface area contributed by atoms with E-state index in [0.717, 1.165) is 17.4 Å². The second-order valence-corrected chi connectivity index (χ2v) is 5.99. The van der Waals surface area contributed by atoms with Crippen LogP contribution in [-0.2, 0) is 25.7 Å². The first-order valence-corrected chi connectivity index (χ1v) is 7.00. The van der Waals surface area contributed by atoms with Crippen LogP contribution in [0.15, 0.2) is 6.07 Å². The van der Waals surface area contributed by atoms with Crippen molar-refractivity contribution in [3.8, 4) is 0 Å². The summed E-state index contributed by atoms with van der Waals surface area (Å²) in [7, 11) is 0. The molecule has 1 saturated heterocycles. The Kier molecular flexibility index (Phi) is 3.26. The fourth-order valence-electron chi connectivity index (χ4n) is 2.81. The van der Waals surface area contributed by atoms with Crippen molar-refractivity contribution >= 4 is 17.3 Å². The molecule has 0 saturated carbocycles. The Morgan fingerprint density at radius 1 is 1.45 bits per heavy atom. The van der Waals surface area contributed by atoms with Gasteiger partial charge in [0, 0.05) is 15.0 Å². The van der Waals surface area contributed by atoms with Crippen molar-refractivity contribution in [1.29, 1.82) is 0 Å². The first kappa shape index (κ1) is 13.8. The highest BCUT2D eigenvalue weighted by Crippen LogP contribution is 2.50. The van der Waals surface area contributed by atoms with E-state index >= 15 is 0 Å². The highest BCUT2D eigenvalue weighted by Gasteiger charge is 2.55. The molecule has 0 aliphatic carbocycles. The Morgan fingerprint density at radius 3 is 2.80 bits per heavy atom. The lowest BCUT2D eigenvalue weighted by atomic mass is 9.81. The number of hydrogen-bond acceptors (Lipinski definition) is 5. The lowest BCUT2D eigenvalue weighted by molar-refractivity contribution is -0.213. The smallest absolute Gasteiger partial charge is 0.365 e. The molecule has 1 fully saturated rings. The summed E-state index contributed by atoms with van der Waals surface area (Å²) in [4.78, 5) is 14.7. The van der Waals surface area contributed by atoms with E-state index in [0.29, 0.717) is 30.8 Å². The molecule has 4 nitrogen and oxygen atoms in total. The molecular formula is C12H12F3NO3S. The van der Waals surface area contributed by atoms with Gasteiger partial charge in [-0.25, -0.2) is 9.18 Å². The minimum atomic E-state index is -2.79. The maximum absolute atomic E-state index is 14.7. The van der Waals surface area contributed by atoms with Crippen molar-refractivity contribution in [2.24, 2.45) is 0 Å². The normalized spacial score (nSPS) is 28.1. The fraction of sp³-hybridized carbons (Fsp3) is 0.583. The van der Waals surface area contributed by atoms with Crippen LogP contribution in [0.5, 0.6) is 0 Å². The fourth-order valence-corrected chi connectivity index (χ4v) is 3.96. The van der Waals surface area contributed by atoms with Crippen molar-refractivity contribution in [3.05, 3.63) is 21.6 Å². The quantitative estimate of drug-likeness (QED) is 0.863. The zero-order chi connectivity index (χ0) is 14.4. The lowest BCUT2D eigenvalue weighted by Crippen LogP contribution is -2.50. The molecule has 8 heteroatoms. The summed E-state index contributed by atoms with van der Waals surface area (Å²) in [6.45, 7) is 0.622. The third kappa shape index (κ3) is 1.86. The van der Waals surface area contributed by atoms with E-state index < -0.39 is 29.0 Å². The highest BCUT2D eigenvalue weighted by molar-refractivity contribution is 7.10. The van der Waals surface area contributed by atoms with Gasteiger partial charge in [-0.05, 0) is 32.0 Å². The van der Waals surface area contributed by atoms with Crippen LogP contribution in [0.1, 0.15) is 23.3 Å². The molecule has 0 bridgehead atoms. The summed E-state index contributed by atoms with van der Waals surface area (Å²) in [6, 6.07) is 0.934. The van der Waals surface area contributed by atoms with Gasteiger partial charge in [-0.1, -0.05) is 0 Å². The molecular weight excluding hydrogens is 295 g/mol. The molecule has 0 radical (unpaired) electrons. The summed E-state index contributed by atoms with van der Waals surface area (Å²) < 4.78 is 45.9. The third-order valence-electron chi connectivity index (χ3n) is 3.89. The maximum atomic E-state index is 14.7. The van der Waals surface area contributed by atoms with E-state index in [-0.39, 0.29) is 5.56 Å². The number of thiophene rings is 1. The first-order valence-electron chi connectivity index (χ1n) is 6.19. The number of nitrogens with one attached hydrogen (secondary N) is 1. The average Bonchev–Trinajstić information content (AvgIpc) is 2.87. The molecule has 0 amide bonds. The molecule has 1 spiro atoms. The van der Waals surface area contributed by atoms with E-state index in [9.17, 15) is 18.1 Å². The van der Waals surface area contributed by atoms with Gasteiger partial charge >= 0.3 is 5.97 Å². The van der Waals surface area contributed by atoms with Crippen LogP contribution in [0.25, 0.3) is 0 Å². The monoisotopic (exact) mass is 307 g/mol. The van der Waals surface area contributed by atoms with Gasteiger partial charge < -0.3 is 10.1 Å². The van der Waals surface area contributed by atoms with Gasteiger partial charge in [0.25, 0.3) is 5.67 Å². The van der Waals surface area contributed by atoms with Crippen LogP contribution in [0.3, 0.4) is 0 Å². The van der Waals surface area contributed by atoms with Crippen molar-refractivity contribution in [1.82, 2.24) is 5.32 Å². The molecule has 3 rings (SSSR count). The van der Waals surface area contributed by atoms with E-state index in [1.165, 1.54) is 0 Å². The Morgan fingerprint density at radius 2 is 2.15 bits per heavy atom. The second kappa shape index (κ2) is 4.71. The summed E-state index contributed by atoms with van der Waals surface area (Å²) in [5.41, 5.74) is -3.76. The van der Waals surface area contributed by atoms with Gasteiger partial charge in [-0.15, -0.1) is 11.3 Å². The lowest BCUT2D eigenvalue weighted by Gasteiger charge is -2.43. The van der Waals surface area contributed by atoms with E-state index in [1.807, 2.05) is 0 Å². The van der Waals surface area contributed by atoms with E-state index in [1.54, 1.807) is 0 Å². The van der Waals surface area contributed by atoms with Gasteiger partial charge in [0.15, 0.2) is 5.13 Å². The van der Waals surface area contributed by atoms with Crippen LogP contribution in [0, 0.1) is 5.13 Å². The summed E-state index contributed by atoms with van der Waals surface area (Å²) in [5, 5.41) is 2.50. The molecule has 2 aliphatic rings. The number of carbonyl (C=O) groups excluding carboxylic acids is 1. The van der Waals surface area contributed by atoms with E-state index in [4.69, 9.17) is 4.74 Å². The molecule has 1 aromatic rings. The first-order chi connectivity index (χ1) is 9.52. The minimum Gasteiger partial charge on any atom is -0.365 e. The van der Waals surface area contributed by atoms with Crippen LogP contribution < -0.4 is 5.32 Å². The SMILES string of the molecule is O=C(OF)C1(F)COC2(CCNCC2)c2sc(F)cc21. The van der Waals surface area contributed by atoms with Gasteiger partial charge in [0.05, 0.1) is 6.61 Å². The number of fused-ring (bicyclic) bond motifs is 2. The number of piperidine rings is 1. The summed E-state index contributed by atoms with van der Waals surface area (Å²) >= 11 is 0.736. The van der Waals surface area contributed by atoms with Crippen molar-refractivity contribution < 1.29 is 27.8 Å². The molecule has 110 valence electrons. The standard InChI is InChI=1S/C12H12F3NO3S/c13-8-5-7-9(20-8)11(1-3-16-4-2-11)18-6-12(7,14)10(17)19-15/h5,16H,1-4,6H2. The number of halogens is 3. The van der Waals surface area contributed by atoms with Crippen molar-refractivity contribution in [2.75, 3.05) is 19.7 Å². The molecule has 20 heavy (non-hydrogen) atoms. The van der Waals surface area contributed by atoms with E-state index in [2.05, 4.69) is 10.3 Å². The Balaban J connectivity index is 2.10. The molecule has 1 N–H and O–H groups in total. The average molecular weight is 307 g/mol. The third-order valence-corrected chi connectivity index (χ3v) is 5.00. The number of rotatable bonds is 1. The topological polar surface area (TPSA) is 47.6 Å². The Bertz CT molecular complexity index is 544. The van der Waals surface area contributed by atoms with Crippen molar-refractivity contribution in [2.45, 2.75) is 24.1 Å². The summed E-state index contributed by atoms with van der Waals surface area (Å²) in [5.74, 6) is -1.71. The van der Waals surface area contributed by atoms with Crippen LogP contribution >= 0.6 is 11.3 Å². The van der Waals surface area contributed by atoms with Gasteiger partial charge in [0.2, 0.25) is 0 Å². The highest BCUT2D eigenvalue weighted by atomic mass is 32.1. The second-order valence-electron chi connectivity index (χ2n) is 4.99. The molecule has 1 unspecified atom stereocenters. The Hall–Kier alpha value is -1.12. The number of carbonyl (C=O) groups is 1. The predicted molar refractivity (Wildman–Crippen MR) is 64.0 cm³/mol.